The fraction of sp³-hybridized carbons (Fsp3) is 0. The van der Waals surface area contributed by atoms with Crippen LogP contribution in [0.3, 0.4) is 0 Å². The number of hydrogen-bond donors (Lipinski definition) is 0. The molecule has 174 valence electrons. The van der Waals surface area contributed by atoms with Gasteiger partial charge in [-0.1, -0.05) is 109 Å². The van der Waals surface area contributed by atoms with Gasteiger partial charge in [-0.15, -0.1) is 0 Å². The fourth-order valence-electron chi connectivity index (χ4n) is 5.20. The van der Waals surface area contributed by atoms with Crippen molar-refractivity contribution < 1.29 is 0 Å². The molecule has 0 saturated carbocycles. The normalized spacial score (nSPS) is 11.2. The number of rotatable bonds is 4. The maximum absolute atomic E-state index is 5.03. The molecule has 0 spiro atoms. The minimum absolute atomic E-state index is 0.946. The van der Waals surface area contributed by atoms with Crippen LogP contribution in [-0.2, 0) is 0 Å². The number of imidazole rings is 1. The molecule has 2 heteroatoms. The molecule has 37 heavy (non-hydrogen) atoms. The Labute approximate surface area is 216 Å². The summed E-state index contributed by atoms with van der Waals surface area (Å²) in [4.78, 5) is 5.03. The lowest BCUT2D eigenvalue weighted by Crippen LogP contribution is -1.97. The van der Waals surface area contributed by atoms with Gasteiger partial charge >= 0.3 is 0 Å². The van der Waals surface area contributed by atoms with Gasteiger partial charge < -0.3 is 0 Å². The highest BCUT2D eigenvalue weighted by Gasteiger charge is 2.15. The lowest BCUT2D eigenvalue weighted by Gasteiger charge is -2.13. The molecule has 0 amide bonds. The number of nitrogens with zero attached hydrogens (tertiary/aromatic N) is 2. The Kier molecular flexibility index (Phi) is 5.15. The van der Waals surface area contributed by atoms with Gasteiger partial charge in [0, 0.05) is 11.3 Å². The molecule has 0 atom stereocenters. The Morgan fingerprint density at radius 3 is 1.92 bits per heavy atom. The van der Waals surface area contributed by atoms with Crippen molar-refractivity contribution in [2.24, 2.45) is 0 Å². The zero-order chi connectivity index (χ0) is 24.6. The first kappa shape index (κ1) is 21.3. The Balaban J connectivity index is 1.38. The van der Waals surface area contributed by atoms with Crippen molar-refractivity contribution in [2.45, 2.75) is 0 Å². The van der Waals surface area contributed by atoms with E-state index >= 15 is 0 Å². The van der Waals surface area contributed by atoms with Crippen LogP contribution in [-0.4, -0.2) is 9.55 Å². The lowest BCUT2D eigenvalue weighted by molar-refractivity contribution is 1.10. The summed E-state index contributed by atoms with van der Waals surface area (Å²) in [6.07, 6.45) is 0. The molecule has 1 aromatic heterocycles. The van der Waals surface area contributed by atoms with Crippen molar-refractivity contribution in [3.63, 3.8) is 0 Å². The standard InChI is InChI=1S/C35H24N2/c1-3-11-25(12-4-1)29-23-28-13-7-8-16-31(28)32(24-29)26-19-21-27(22-20-26)35-36-33-17-9-10-18-34(33)37(35)30-14-5-2-6-15-30/h1-24H. The second-order valence-corrected chi connectivity index (χ2v) is 9.28. The largest absolute Gasteiger partial charge is 0.292 e. The predicted octanol–water partition coefficient (Wildman–Crippen LogP) is 9.18. The summed E-state index contributed by atoms with van der Waals surface area (Å²) < 4.78 is 2.25. The highest BCUT2D eigenvalue weighted by atomic mass is 15.1. The Bertz CT molecular complexity index is 1850. The van der Waals surface area contributed by atoms with Crippen LogP contribution in [0.5, 0.6) is 0 Å². The monoisotopic (exact) mass is 472 g/mol. The van der Waals surface area contributed by atoms with Crippen molar-refractivity contribution in [2.75, 3.05) is 0 Å². The molecule has 0 aliphatic heterocycles. The van der Waals surface area contributed by atoms with Crippen LogP contribution in [0.4, 0.5) is 0 Å². The zero-order valence-corrected chi connectivity index (χ0v) is 20.3. The Morgan fingerprint density at radius 1 is 0.459 bits per heavy atom. The molecule has 1 heterocycles. The van der Waals surface area contributed by atoms with E-state index in [0.717, 1.165) is 28.1 Å². The summed E-state index contributed by atoms with van der Waals surface area (Å²) in [5, 5.41) is 2.50. The van der Waals surface area contributed by atoms with Gasteiger partial charge in [0.25, 0.3) is 0 Å². The van der Waals surface area contributed by atoms with Gasteiger partial charge in [0.05, 0.1) is 11.0 Å². The van der Waals surface area contributed by atoms with E-state index in [4.69, 9.17) is 4.98 Å². The molecule has 2 nitrogen and oxygen atoms in total. The molecule has 0 fully saturated rings. The molecule has 7 rings (SSSR count). The number of hydrogen-bond acceptors (Lipinski definition) is 1. The first-order valence-electron chi connectivity index (χ1n) is 12.6. The molecular formula is C35H24N2. The summed E-state index contributed by atoms with van der Waals surface area (Å²) in [7, 11) is 0. The van der Waals surface area contributed by atoms with Crippen LogP contribution < -0.4 is 0 Å². The van der Waals surface area contributed by atoms with Crippen molar-refractivity contribution in [1.29, 1.82) is 0 Å². The van der Waals surface area contributed by atoms with E-state index in [1.165, 1.54) is 33.0 Å². The average molecular weight is 473 g/mol. The summed E-state index contributed by atoms with van der Waals surface area (Å²) >= 11 is 0. The molecule has 0 aliphatic carbocycles. The van der Waals surface area contributed by atoms with Crippen LogP contribution >= 0.6 is 0 Å². The zero-order valence-electron chi connectivity index (χ0n) is 20.3. The van der Waals surface area contributed by atoms with E-state index in [1.807, 2.05) is 12.1 Å². The lowest BCUT2D eigenvalue weighted by atomic mass is 9.92. The molecule has 7 aromatic rings. The first-order valence-corrected chi connectivity index (χ1v) is 12.6. The van der Waals surface area contributed by atoms with Crippen LogP contribution in [0, 0.1) is 0 Å². The maximum atomic E-state index is 5.03. The minimum atomic E-state index is 0.946. The van der Waals surface area contributed by atoms with E-state index in [2.05, 4.69) is 138 Å². The predicted molar refractivity (Wildman–Crippen MR) is 155 cm³/mol. The quantitative estimate of drug-likeness (QED) is 0.250. The van der Waals surface area contributed by atoms with E-state index in [-0.39, 0.29) is 0 Å². The third-order valence-electron chi connectivity index (χ3n) is 7.00. The second kappa shape index (κ2) is 8.92. The van der Waals surface area contributed by atoms with E-state index in [9.17, 15) is 0 Å². The maximum Gasteiger partial charge on any atom is 0.145 e. The summed E-state index contributed by atoms with van der Waals surface area (Å²) in [6, 6.07) is 51.4. The second-order valence-electron chi connectivity index (χ2n) is 9.28. The molecule has 0 saturated heterocycles. The third-order valence-corrected chi connectivity index (χ3v) is 7.00. The molecule has 0 bridgehead atoms. The van der Waals surface area contributed by atoms with E-state index in [1.54, 1.807) is 0 Å². The topological polar surface area (TPSA) is 17.8 Å². The molecule has 0 aliphatic rings. The fourth-order valence-corrected chi connectivity index (χ4v) is 5.20. The highest BCUT2D eigenvalue weighted by molar-refractivity contribution is 6.00. The SMILES string of the molecule is c1ccc(-c2cc(-c3ccc(-c4nc5ccccc5n4-c4ccccc4)cc3)c3ccccc3c2)cc1. The van der Waals surface area contributed by atoms with Crippen molar-refractivity contribution in [3.05, 3.63) is 146 Å². The number of para-hydroxylation sites is 3. The van der Waals surface area contributed by atoms with Gasteiger partial charge in [-0.05, 0) is 69.4 Å². The van der Waals surface area contributed by atoms with Crippen molar-refractivity contribution >= 4 is 21.8 Å². The van der Waals surface area contributed by atoms with Gasteiger partial charge in [0.15, 0.2) is 0 Å². The van der Waals surface area contributed by atoms with Crippen molar-refractivity contribution in [3.8, 4) is 39.3 Å². The summed E-state index contributed by atoms with van der Waals surface area (Å²) in [5.74, 6) is 0.946. The van der Waals surface area contributed by atoms with Gasteiger partial charge in [-0.3, -0.25) is 4.57 Å². The average Bonchev–Trinajstić information content (AvgIpc) is 3.37. The molecule has 6 aromatic carbocycles. The molecular weight excluding hydrogens is 448 g/mol. The highest BCUT2D eigenvalue weighted by Crippen LogP contribution is 2.36. The van der Waals surface area contributed by atoms with Crippen LogP contribution in [0.2, 0.25) is 0 Å². The van der Waals surface area contributed by atoms with Crippen LogP contribution in [0.25, 0.3) is 61.1 Å². The third kappa shape index (κ3) is 3.80. The summed E-state index contributed by atoms with van der Waals surface area (Å²) in [5.41, 5.74) is 9.18. The molecule has 0 unspecified atom stereocenters. The van der Waals surface area contributed by atoms with Gasteiger partial charge in [0.2, 0.25) is 0 Å². The molecule has 0 N–H and O–H groups in total. The minimum Gasteiger partial charge on any atom is -0.292 e. The van der Waals surface area contributed by atoms with Crippen molar-refractivity contribution in [1.82, 2.24) is 9.55 Å². The van der Waals surface area contributed by atoms with Crippen LogP contribution in [0.1, 0.15) is 0 Å². The summed E-state index contributed by atoms with van der Waals surface area (Å²) in [6.45, 7) is 0. The van der Waals surface area contributed by atoms with E-state index in [0.29, 0.717) is 0 Å². The first-order chi connectivity index (χ1) is 18.3. The van der Waals surface area contributed by atoms with Gasteiger partial charge in [-0.25, -0.2) is 4.98 Å². The van der Waals surface area contributed by atoms with Gasteiger partial charge in [0.1, 0.15) is 5.82 Å². The Morgan fingerprint density at radius 2 is 1.11 bits per heavy atom. The van der Waals surface area contributed by atoms with Gasteiger partial charge in [-0.2, -0.15) is 0 Å². The smallest absolute Gasteiger partial charge is 0.145 e. The molecule has 0 radical (unpaired) electrons. The van der Waals surface area contributed by atoms with Crippen LogP contribution in [0.15, 0.2) is 146 Å². The number of benzene rings is 6. The Hall–Kier alpha value is -4.95. The van der Waals surface area contributed by atoms with E-state index < -0.39 is 0 Å². The number of aromatic nitrogens is 2. The number of fused-ring (bicyclic) bond motifs is 2.